The highest BCUT2D eigenvalue weighted by Crippen LogP contribution is 2.26. The molecule has 1 aromatic heterocycles. The SMILES string of the molecule is CC(NS(=O)(=O)C1CCc2ccccc2C1)c1cccnc1F. The maximum absolute atomic E-state index is 13.7. The average Bonchev–Trinajstić information content (AvgIpc) is 2.54. The third-order valence-corrected chi connectivity index (χ3v) is 6.30. The topological polar surface area (TPSA) is 59.1 Å². The van der Waals surface area contributed by atoms with E-state index >= 15 is 0 Å². The molecule has 0 aliphatic heterocycles. The Bertz CT molecular complexity index is 808. The Kier molecular flexibility index (Phi) is 4.46. The van der Waals surface area contributed by atoms with Crippen LogP contribution in [0.2, 0.25) is 0 Å². The molecule has 23 heavy (non-hydrogen) atoms. The summed E-state index contributed by atoms with van der Waals surface area (Å²) < 4.78 is 41.6. The van der Waals surface area contributed by atoms with Gasteiger partial charge < -0.3 is 0 Å². The minimum Gasteiger partial charge on any atom is -0.228 e. The molecule has 1 aliphatic carbocycles. The minimum absolute atomic E-state index is 0.257. The van der Waals surface area contributed by atoms with Crippen molar-refractivity contribution in [1.82, 2.24) is 9.71 Å². The Labute approximate surface area is 135 Å². The predicted octanol–water partition coefficient (Wildman–Crippen LogP) is 2.76. The van der Waals surface area contributed by atoms with Crippen molar-refractivity contribution in [2.75, 3.05) is 0 Å². The monoisotopic (exact) mass is 334 g/mol. The molecule has 3 rings (SSSR count). The number of hydrogen-bond donors (Lipinski definition) is 1. The van der Waals surface area contributed by atoms with Gasteiger partial charge in [-0.2, -0.15) is 4.39 Å². The lowest BCUT2D eigenvalue weighted by molar-refractivity contribution is 0.517. The lowest BCUT2D eigenvalue weighted by atomic mass is 9.92. The molecule has 0 amide bonds. The number of aromatic nitrogens is 1. The summed E-state index contributed by atoms with van der Waals surface area (Å²) >= 11 is 0. The fourth-order valence-corrected chi connectivity index (χ4v) is 4.70. The lowest BCUT2D eigenvalue weighted by Gasteiger charge is -2.26. The van der Waals surface area contributed by atoms with Gasteiger partial charge in [0.15, 0.2) is 0 Å². The van der Waals surface area contributed by atoms with Crippen molar-refractivity contribution < 1.29 is 12.8 Å². The summed E-state index contributed by atoms with van der Waals surface area (Å²) in [6.45, 7) is 1.63. The normalized spacial score (nSPS) is 19.1. The van der Waals surface area contributed by atoms with Gasteiger partial charge in [-0.1, -0.05) is 30.3 Å². The second kappa shape index (κ2) is 6.37. The second-order valence-electron chi connectivity index (χ2n) is 5.90. The zero-order chi connectivity index (χ0) is 16.4. The maximum Gasteiger partial charge on any atom is 0.217 e. The standard InChI is InChI=1S/C17H19FN2O2S/c1-12(16-7-4-10-19-17(16)18)20-23(21,22)15-9-8-13-5-2-3-6-14(13)11-15/h2-7,10,12,15,20H,8-9,11H2,1H3. The van der Waals surface area contributed by atoms with Crippen molar-refractivity contribution in [2.24, 2.45) is 0 Å². The molecule has 2 atom stereocenters. The predicted molar refractivity (Wildman–Crippen MR) is 86.9 cm³/mol. The van der Waals surface area contributed by atoms with E-state index in [1.54, 1.807) is 19.1 Å². The summed E-state index contributed by atoms with van der Waals surface area (Å²) in [6, 6.07) is 10.4. The smallest absolute Gasteiger partial charge is 0.217 e. The highest BCUT2D eigenvalue weighted by atomic mass is 32.2. The number of hydrogen-bond acceptors (Lipinski definition) is 3. The zero-order valence-electron chi connectivity index (χ0n) is 12.9. The van der Waals surface area contributed by atoms with E-state index in [1.807, 2.05) is 24.3 Å². The molecule has 1 N–H and O–H groups in total. The van der Waals surface area contributed by atoms with Crippen molar-refractivity contribution in [3.8, 4) is 0 Å². The number of rotatable bonds is 4. The van der Waals surface area contributed by atoms with E-state index in [1.165, 1.54) is 11.8 Å². The van der Waals surface area contributed by atoms with Crippen molar-refractivity contribution >= 4 is 10.0 Å². The molecule has 0 bridgehead atoms. The van der Waals surface area contributed by atoms with Crippen LogP contribution >= 0.6 is 0 Å². The van der Waals surface area contributed by atoms with Gasteiger partial charge in [-0.3, -0.25) is 0 Å². The fourth-order valence-electron chi connectivity index (χ4n) is 3.06. The van der Waals surface area contributed by atoms with Gasteiger partial charge >= 0.3 is 0 Å². The van der Waals surface area contributed by atoms with Crippen LogP contribution in [0.25, 0.3) is 0 Å². The van der Waals surface area contributed by atoms with Crippen LogP contribution in [0.5, 0.6) is 0 Å². The molecule has 122 valence electrons. The van der Waals surface area contributed by atoms with E-state index in [0.29, 0.717) is 12.8 Å². The highest BCUT2D eigenvalue weighted by Gasteiger charge is 2.31. The summed E-state index contributed by atoms with van der Waals surface area (Å²) in [6.07, 6.45) is 3.16. The Hall–Kier alpha value is -1.79. The summed E-state index contributed by atoms with van der Waals surface area (Å²) in [5, 5.41) is -0.486. The van der Waals surface area contributed by atoms with E-state index in [2.05, 4.69) is 9.71 Å². The number of nitrogens with zero attached hydrogens (tertiary/aromatic N) is 1. The van der Waals surface area contributed by atoms with Gasteiger partial charge in [0.2, 0.25) is 16.0 Å². The number of benzene rings is 1. The third-order valence-electron chi connectivity index (χ3n) is 4.34. The lowest BCUT2D eigenvalue weighted by Crippen LogP contribution is -2.39. The number of pyridine rings is 1. The van der Waals surface area contributed by atoms with Crippen LogP contribution < -0.4 is 4.72 Å². The van der Waals surface area contributed by atoms with E-state index in [4.69, 9.17) is 0 Å². The Morgan fingerprint density at radius 1 is 1.22 bits per heavy atom. The van der Waals surface area contributed by atoms with Crippen LogP contribution in [-0.2, 0) is 22.9 Å². The summed E-state index contributed by atoms with van der Waals surface area (Å²) in [5.74, 6) is -0.642. The summed E-state index contributed by atoms with van der Waals surface area (Å²) in [4.78, 5) is 3.57. The zero-order valence-corrected chi connectivity index (χ0v) is 13.7. The number of halogens is 1. The maximum atomic E-state index is 13.7. The van der Waals surface area contributed by atoms with E-state index in [0.717, 1.165) is 12.0 Å². The first-order valence-corrected chi connectivity index (χ1v) is 9.20. The molecule has 0 saturated heterocycles. The number of sulfonamides is 1. The fraction of sp³-hybridized carbons (Fsp3) is 0.353. The first kappa shape index (κ1) is 16.1. The molecule has 0 fully saturated rings. The minimum atomic E-state index is -3.53. The number of aryl methyl sites for hydroxylation is 1. The molecule has 6 heteroatoms. The molecule has 1 aliphatic rings. The number of nitrogens with one attached hydrogen (secondary N) is 1. The van der Waals surface area contributed by atoms with Gasteiger partial charge in [-0.25, -0.2) is 18.1 Å². The first-order chi connectivity index (χ1) is 11.0. The van der Waals surface area contributed by atoms with Gasteiger partial charge in [0.05, 0.1) is 5.25 Å². The molecular formula is C17H19FN2O2S. The summed E-state index contributed by atoms with van der Waals surface area (Å²) in [7, 11) is -3.53. The van der Waals surface area contributed by atoms with Gasteiger partial charge in [0, 0.05) is 17.8 Å². The Morgan fingerprint density at radius 3 is 2.70 bits per heavy atom. The average molecular weight is 334 g/mol. The molecule has 1 heterocycles. The van der Waals surface area contributed by atoms with Crippen molar-refractivity contribution in [2.45, 2.75) is 37.5 Å². The third kappa shape index (κ3) is 3.43. The Balaban J connectivity index is 1.77. The largest absolute Gasteiger partial charge is 0.228 e. The molecule has 2 aromatic rings. The Morgan fingerprint density at radius 2 is 1.96 bits per heavy atom. The van der Waals surface area contributed by atoms with Crippen LogP contribution in [0.4, 0.5) is 4.39 Å². The molecule has 0 saturated carbocycles. The van der Waals surface area contributed by atoms with Gasteiger partial charge in [-0.05, 0) is 43.4 Å². The highest BCUT2D eigenvalue weighted by molar-refractivity contribution is 7.90. The molecular weight excluding hydrogens is 315 g/mol. The first-order valence-electron chi connectivity index (χ1n) is 7.65. The van der Waals surface area contributed by atoms with Crippen LogP contribution in [-0.4, -0.2) is 18.7 Å². The van der Waals surface area contributed by atoms with E-state index in [9.17, 15) is 12.8 Å². The van der Waals surface area contributed by atoms with Crippen LogP contribution in [0.15, 0.2) is 42.6 Å². The summed E-state index contributed by atoms with van der Waals surface area (Å²) in [5.41, 5.74) is 2.55. The van der Waals surface area contributed by atoms with Crippen molar-refractivity contribution in [3.63, 3.8) is 0 Å². The number of fused-ring (bicyclic) bond motifs is 1. The molecule has 0 radical (unpaired) electrons. The van der Waals surface area contributed by atoms with Gasteiger partial charge in [0.25, 0.3) is 0 Å². The molecule has 2 unspecified atom stereocenters. The van der Waals surface area contributed by atoms with Gasteiger partial charge in [-0.15, -0.1) is 0 Å². The molecule has 1 aromatic carbocycles. The van der Waals surface area contributed by atoms with E-state index in [-0.39, 0.29) is 5.56 Å². The quantitative estimate of drug-likeness (QED) is 0.875. The second-order valence-corrected chi connectivity index (χ2v) is 7.89. The van der Waals surface area contributed by atoms with Crippen molar-refractivity contribution in [1.29, 1.82) is 0 Å². The van der Waals surface area contributed by atoms with Gasteiger partial charge in [0.1, 0.15) is 0 Å². The van der Waals surface area contributed by atoms with Crippen LogP contribution in [0, 0.1) is 5.95 Å². The van der Waals surface area contributed by atoms with E-state index < -0.39 is 27.3 Å². The molecule has 0 spiro atoms. The van der Waals surface area contributed by atoms with Crippen molar-refractivity contribution in [3.05, 3.63) is 65.2 Å². The van der Waals surface area contributed by atoms with Crippen LogP contribution in [0.1, 0.15) is 36.1 Å². The molecule has 4 nitrogen and oxygen atoms in total. The van der Waals surface area contributed by atoms with Crippen LogP contribution in [0.3, 0.4) is 0 Å².